The molecule has 0 atom stereocenters. The summed E-state index contributed by atoms with van der Waals surface area (Å²) in [5.41, 5.74) is 2.99. The number of anilines is 2. The molecule has 0 spiro atoms. The van der Waals surface area contributed by atoms with Gasteiger partial charge in [-0.2, -0.15) is 5.10 Å². The Kier molecular flexibility index (Phi) is 4.76. The Hall–Kier alpha value is -2.30. The SMILES string of the molecule is CCCn1nccc1CNc1ccc(NC(C)=O)cc1. The highest BCUT2D eigenvalue weighted by molar-refractivity contribution is 5.88. The fraction of sp³-hybridized carbons (Fsp3) is 0.333. The van der Waals surface area contributed by atoms with Gasteiger partial charge in [0.05, 0.1) is 12.2 Å². The van der Waals surface area contributed by atoms with Gasteiger partial charge in [-0.25, -0.2) is 0 Å². The Morgan fingerprint density at radius 1 is 1.20 bits per heavy atom. The van der Waals surface area contributed by atoms with Crippen molar-refractivity contribution in [3.05, 3.63) is 42.2 Å². The van der Waals surface area contributed by atoms with Crippen LogP contribution in [0.5, 0.6) is 0 Å². The largest absolute Gasteiger partial charge is 0.379 e. The van der Waals surface area contributed by atoms with E-state index in [9.17, 15) is 4.79 Å². The Morgan fingerprint density at radius 3 is 2.55 bits per heavy atom. The molecule has 1 amide bonds. The number of aryl methyl sites for hydroxylation is 1. The van der Waals surface area contributed by atoms with Crippen molar-refractivity contribution in [3.63, 3.8) is 0 Å². The molecule has 0 saturated carbocycles. The molecule has 0 fully saturated rings. The molecule has 0 aliphatic carbocycles. The van der Waals surface area contributed by atoms with E-state index in [1.807, 2.05) is 41.2 Å². The average Bonchev–Trinajstić information content (AvgIpc) is 2.85. The second-order valence-electron chi connectivity index (χ2n) is 4.66. The van der Waals surface area contributed by atoms with E-state index < -0.39 is 0 Å². The maximum atomic E-state index is 10.9. The Labute approximate surface area is 119 Å². The van der Waals surface area contributed by atoms with Crippen molar-refractivity contribution in [3.8, 4) is 0 Å². The van der Waals surface area contributed by atoms with Crippen LogP contribution in [0.2, 0.25) is 0 Å². The fourth-order valence-electron chi connectivity index (χ4n) is 1.99. The van der Waals surface area contributed by atoms with Crippen LogP contribution in [0.25, 0.3) is 0 Å². The smallest absolute Gasteiger partial charge is 0.221 e. The monoisotopic (exact) mass is 272 g/mol. The second-order valence-corrected chi connectivity index (χ2v) is 4.66. The lowest BCUT2D eigenvalue weighted by molar-refractivity contribution is -0.114. The summed E-state index contributed by atoms with van der Waals surface area (Å²) in [5.74, 6) is -0.0609. The van der Waals surface area contributed by atoms with Gasteiger partial charge in [-0.3, -0.25) is 9.48 Å². The summed E-state index contributed by atoms with van der Waals surface area (Å²) >= 11 is 0. The van der Waals surface area contributed by atoms with Crippen LogP contribution in [0.15, 0.2) is 36.5 Å². The fourth-order valence-corrected chi connectivity index (χ4v) is 1.99. The van der Waals surface area contributed by atoms with Gasteiger partial charge in [0, 0.05) is 31.0 Å². The van der Waals surface area contributed by atoms with Crippen molar-refractivity contribution in [2.45, 2.75) is 33.4 Å². The van der Waals surface area contributed by atoms with Crippen LogP contribution in [0.1, 0.15) is 26.0 Å². The number of hydrogen-bond acceptors (Lipinski definition) is 3. The van der Waals surface area contributed by atoms with E-state index in [1.165, 1.54) is 6.92 Å². The highest BCUT2D eigenvalue weighted by Gasteiger charge is 2.01. The molecule has 0 aliphatic rings. The molecule has 2 rings (SSSR count). The third kappa shape index (κ3) is 3.85. The average molecular weight is 272 g/mol. The number of amides is 1. The van der Waals surface area contributed by atoms with Crippen molar-refractivity contribution in [2.24, 2.45) is 0 Å². The van der Waals surface area contributed by atoms with Gasteiger partial charge in [0.1, 0.15) is 0 Å². The van der Waals surface area contributed by atoms with Crippen LogP contribution in [0, 0.1) is 0 Å². The molecule has 20 heavy (non-hydrogen) atoms. The molecular weight excluding hydrogens is 252 g/mol. The van der Waals surface area contributed by atoms with Gasteiger partial charge in [0.2, 0.25) is 5.91 Å². The van der Waals surface area contributed by atoms with Crippen molar-refractivity contribution < 1.29 is 4.79 Å². The van der Waals surface area contributed by atoms with Gasteiger partial charge in [-0.15, -0.1) is 0 Å². The van der Waals surface area contributed by atoms with Gasteiger partial charge < -0.3 is 10.6 Å². The maximum Gasteiger partial charge on any atom is 0.221 e. The van der Waals surface area contributed by atoms with Gasteiger partial charge in [0.15, 0.2) is 0 Å². The quantitative estimate of drug-likeness (QED) is 0.850. The third-order valence-corrected chi connectivity index (χ3v) is 2.92. The van der Waals surface area contributed by atoms with E-state index in [4.69, 9.17) is 0 Å². The van der Waals surface area contributed by atoms with Crippen molar-refractivity contribution in [1.82, 2.24) is 9.78 Å². The molecule has 2 aromatic rings. The van der Waals surface area contributed by atoms with E-state index in [2.05, 4.69) is 22.7 Å². The van der Waals surface area contributed by atoms with E-state index in [0.29, 0.717) is 0 Å². The lowest BCUT2D eigenvalue weighted by Gasteiger charge is -2.09. The van der Waals surface area contributed by atoms with Gasteiger partial charge in [-0.1, -0.05) is 6.92 Å². The molecule has 0 unspecified atom stereocenters. The minimum atomic E-state index is -0.0609. The number of aromatic nitrogens is 2. The zero-order valence-corrected chi connectivity index (χ0v) is 11.9. The lowest BCUT2D eigenvalue weighted by Crippen LogP contribution is -2.09. The normalized spacial score (nSPS) is 10.3. The van der Waals surface area contributed by atoms with Gasteiger partial charge >= 0.3 is 0 Å². The van der Waals surface area contributed by atoms with Crippen LogP contribution in [-0.2, 0) is 17.9 Å². The van der Waals surface area contributed by atoms with E-state index >= 15 is 0 Å². The predicted molar refractivity (Wildman–Crippen MR) is 80.6 cm³/mol. The maximum absolute atomic E-state index is 10.9. The molecule has 0 saturated heterocycles. The molecule has 1 heterocycles. The number of rotatable bonds is 6. The highest BCUT2D eigenvalue weighted by Crippen LogP contribution is 2.14. The van der Waals surface area contributed by atoms with Crippen LogP contribution in [0.3, 0.4) is 0 Å². The first-order chi connectivity index (χ1) is 9.69. The van der Waals surface area contributed by atoms with Crippen LogP contribution in [-0.4, -0.2) is 15.7 Å². The molecule has 1 aromatic heterocycles. The van der Waals surface area contributed by atoms with Crippen molar-refractivity contribution >= 4 is 17.3 Å². The molecular formula is C15H20N4O. The van der Waals surface area contributed by atoms with Crippen LogP contribution < -0.4 is 10.6 Å². The predicted octanol–water partition coefficient (Wildman–Crippen LogP) is 2.86. The third-order valence-electron chi connectivity index (χ3n) is 2.92. The molecule has 0 bridgehead atoms. The van der Waals surface area contributed by atoms with Gasteiger partial charge in [-0.05, 0) is 36.8 Å². The minimum Gasteiger partial charge on any atom is -0.379 e. The summed E-state index contributed by atoms with van der Waals surface area (Å²) in [6.07, 6.45) is 2.90. The summed E-state index contributed by atoms with van der Waals surface area (Å²) in [4.78, 5) is 10.9. The zero-order chi connectivity index (χ0) is 14.4. The summed E-state index contributed by atoms with van der Waals surface area (Å²) < 4.78 is 2.01. The topological polar surface area (TPSA) is 59.0 Å². The van der Waals surface area contributed by atoms with Crippen LogP contribution >= 0.6 is 0 Å². The molecule has 0 radical (unpaired) electrons. The number of benzene rings is 1. The summed E-state index contributed by atoms with van der Waals surface area (Å²) in [6, 6.07) is 9.69. The molecule has 1 aromatic carbocycles. The Morgan fingerprint density at radius 2 is 1.90 bits per heavy atom. The molecule has 2 N–H and O–H groups in total. The molecule has 5 nitrogen and oxygen atoms in total. The number of nitrogens with zero attached hydrogens (tertiary/aromatic N) is 2. The van der Waals surface area contributed by atoms with Crippen LogP contribution in [0.4, 0.5) is 11.4 Å². The Bertz CT molecular complexity index is 560. The number of nitrogens with one attached hydrogen (secondary N) is 2. The first-order valence-electron chi connectivity index (χ1n) is 6.81. The molecule has 0 aliphatic heterocycles. The van der Waals surface area contributed by atoms with E-state index in [0.717, 1.165) is 36.6 Å². The number of carbonyl (C=O) groups excluding carboxylic acids is 1. The first-order valence-corrected chi connectivity index (χ1v) is 6.81. The van der Waals surface area contributed by atoms with Crippen molar-refractivity contribution in [1.29, 1.82) is 0 Å². The summed E-state index contributed by atoms with van der Waals surface area (Å²) in [7, 11) is 0. The minimum absolute atomic E-state index is 0.0609. The molecule has 106 valence electrons. The second kappa shape index (κ2) is 6.75. The summed E-state index contributed by atoms with van der Waals surface area (Å²) in [5, 5.41) is 10.4. The lowest BCUT2D eigenvalue weighted by atomic mass is 10.2. The standard InChI is InChI=1S/C15H20N4O/c1-3-10-19-15(8-9-17-19)11-16-13-4-6-14(7-5-13)18-12(2)20/h4-9,16H,3,10-11H2,1-2H3,(H,18,20). The number of carbonyl (C=O) groups is 1. The number of hydrogen-bond donors (Lipinski definition) is 2. The first kappa shape index (κ1) is 14.1. The Balaban J connectivity index is 1.93. The van der Waals surface area contributed by atoms with E-state index in [1.54, 1.807) is 0 Å². The zero-order valence-electron chi connectivity index (χ0n) is 11.9. The van der Waals surface area contributed by atoms with Gasteiger partial charge in [0.25, 0.3) is 0 Å². The molecule has 5 heteroatoms. The van der Waals surface area contributed by atoms with E-state index in [-0.39, 0.29) is 5.91 Å². The highest BCUT2D eigenvalue weighted by atomic mass is 16.1. The van der Waals surface area contributed by atoms with Crippen molar-refractivity contribution in [2.75, 3.05) is 10.6 Å². The summed E-state index contributed by atoms with van der Waals surface area (Å²) in [6.45, 7) is 5.31.